The van der Waals surface area contributed by atoms with Crippen LogP contribution < -0.4 is 9.47 Å². The lowest BCUT2D eigenvalue weighted by Crippen LogP contribution is -2.23. The highest BCUT2D eigenvalue weighted by Gasteiger charge is 2.23. The second-order valence-corrected chi connectivity index (χ2v) is 13.3. The lowest BCUT2D eigenvalue weighted by Gasteiger charge is -2.22. The molecular weight excluding hydrogens is 562 g/mol. The van der Waals surface area contributed by atoms with E-state index < -0.39 is 22.7 Å². The molecule has 224 valence electrons. The summed E-state index contributed by atoms with van der Waals surface area (Å²) in [7, 11) is -0.647. The summed E-state index contributed by atoms with van der Waals surface area (Å²) >= 11 is 0. The molecule has 1 atom stereocenters. The molecule has 0 radical (unpaired) electrons. The van der Waals surface area contributed by atoms with Gasteiger partial charge in [-0.15, -0.1) is 0 Å². The summed E-state index contributed by atoms with van der Waals surface area (Å²) in [6.45, 7) is 2.93. The van der Waals surface area contributed by atoms with Crippen molar-refractivity contribution in [3.05, 3.63) is 100 Å². The van der Waals surface area contributed by atoms with Gasteiger partial charge in [-0.05, 0) is 109 Å². The minimum atomic E-state index is -0.896. The number of benzene rings is 3. The largest absolute Gasteiger partial charge is 0.493 e. The van der Waals surface area contributed by atoms with E-state index in [1.54, 1.807) is 6.07 Å². The molecule has 1 aliphatic carbocycles. The van der Waals surface area contributed by atoms with Gasteiger partial charge in [-0.25, -0.2) is 0 Å². The number of carboxylic acid groups (broad SMARTS) is 1. The van der Waals surface area contributed by atoms with Crippen molar-refractivity contribution in [2.45, 2.75) is 58.0 Å². The van der Waals surface area contributed by atoms with Gasteiger partial charge < -0.3 is 19.1 Å². The van der Waals surface area contributed by atoms with Crippen molar-refractivity contribution in [2.24, 2.45) is 5.92 Å². The average molecular weight is 600 g/mol. The third kappa shape index (κ3) is 7.19. The quantitative estimate of drug-likeness (QED) is 0.213. The second-order valence-electron chi connectivity index (χ2n) is 11.6. The van der Waals surface area contributed by atoms with Crippen LogP contribution in [-0.4, -0.2) is 38.6 Å². The van der Waals surface area contributed by atoms with Crippen molar-refractivity contribution >= 4 is 16.8 Å². The molecule has 0 bridgehead atoms. The summed E-state index contributed by atoms with van der Waals surface area (Å²) in [5, 5.41) is 13.4. The maximum Gasteiger partial charge on any atom is 0.304 e. The van der Waals surface area contributed by atoms with E-state index in [-0.39, 0.29) is 6.42 Å². The number of carbonyl (C=O) groups is 1. The van der Waals surface area contributed by atoms with Gasteiger partial charge in [-0.1, -0.05) is 35.5 Å². The zero-order valence-electron chi connectivity index (χ0n) is 24.4. The summed E-state index contributed by atoms with van der Waals surface area (Å²) in [5.41, 5.74) is 7.82. The van der Waals surface area contributed by atoms with Crippen LogP contribution in [0.15, 0.2) is 71.3 Å². The Morgan fingerprint density at radius 3 is 2.47 bits per heavy atom. The zero-order chi connectivity index (χ0) is 29.8. The Labute approximate surface area is 254 Å². The van der Waals surface area contributed by atoms with Gasteiger partial charge in [-0.3, -0.25) is 9.00 Å². The highest BCUT2D eigenvalue weighted by atomic mass is 32.2. The molecule has 1 aromatic heterocycles. The first-order valence-electron chi connectivity index (χ1n) is 15.0. The number of carboxylic acids is 1. The smallest absolute Gasteiger partial charge is 0.304 e. The highest BCUT2D eigenvalue weighted by molar-refractivity contribution is 7.85. The number of ether oxygens (including phenoxy) is 2. The Morgan fingerprint density at radius 2 is 1.72 bits per heavy atom. The average Bonchev–Trinajstić information content (AvgIpc) is 3.36. The van der Waals surface area contributed by atoms with Gasteiger partial charge in [0, 0.05) is 28.4 Å². The fourth-order valence-electron chi connectivity index (χ4n) is 6.07. The molecule has 1 fully saturated rings. The number of nitrogens with zero attached hydrogens (tertiary/aromatic N) is 1. The van der Waals surface area contributed by atoms with Crippen LogP contribution in [0.25, 0.3) is 11.1 Å². The van der Waals surface area contributed by atoms with E-state index in [2.05, 4.69) is 41.6 Å². The van der Waals surface area contributed by atoms with Crippen LogP contribution in [0.1, 0.15) is 65.3 Å². The predicted molar refractivity (Wildman–Crippen MR) is 166 cm³/mol. The standard InChI is InChI=1S/C35H37NO6S/c1-23-17-34(42-36-23)33(20-35(37)38)27-7-9-29(10-8-27)40-22-25-5-6-26-3-2-4-28-19-30(11-12-31(28)32(26)18-25)41-21-24-13-15-43(39)16-14-24/h5-12,17-19,24,33H,2-4,13-16,20-22H2,1H3,(H,37,38). The third-order valence-corrected chi connectivity index (χ3v) is 9.87. The maximum atomic E-state index is 11.7. The first kappa shape index (κ1) is 29.2. The third-order valence-electron chi connectivity index (χ3n) is 8.48. The fourth-order valence-corrected chi connectivity index (χ4v) is 7.47. The minimum Gasteiger partial charge on any atom is -0.493 e. The molecule has 0 amide bonds. The molecule has 6 rings (SSSR count). The van der Waals surface area contributed by atoms with E-state index in [0.717, 1.165) is 66.2 Å². The van der Waals surface area contributed by atoms with E-state index in [9.17, 15) is 14.1 Å². The van der Waals surface area contributed by atoms with Crippen molar-refractivity contribution in [2.75, 3.05) is 18.1 Å². The Hall–Kier alpha value is -3.91. The maximum absolute atomic E-state index is 11.7. The van der Waals surface area contributed by atoms with E-state index in [0.29, 0.717) is 30.6 Å². The SMILES string of the molecule is Cc1cc(C(CC(=O)O)c2ccc(OCc3ccc4c(c3)-c3ccc(OCC5CCS(=O)CC5)cc3CCC4)cc2)on1. The molecule has 3 aromatic carbocycles. The van der Waals surface area contributed by atoms with Crippen molar-refractivity contribution < 1.29 is 28.1 Å². The van der Waals surface area contributed by atoms with Crippen LogP contribution in [0.3, 0.4) is 0 Å². The number of aliphatic carboxylic acids is 1. The van der Waals surface area contributed by atoms with Crippen LogP contribution >= 0.6 is 0 Å². The van der Waals surface area contributed by atoms with Crippen LogP contribution in [0.4, 0.5) is 0 Å². The normalized spacial score (nSPS) is 18.6. The van der Waals surface area contributed by atoms with Gasteiger partial charge in [0.05, 0.1) is 24.6 Å². The van der Waals surface area contributed by atoms with Gasteiger partial charge in [0.15, 0.2) is 0 Å². The number of aromatic nitrogens is 1. The van der Waals surface area contributed by atoms with Crippen molar-refractivity contribution in [1.82, 2.24) is 5.16 Å². The topological polar surface area (TPSA) is 98.9 Å². The summed E-state index contributed by atoms with van der Waals surface area (Å²) in [4.78, 5) is 11.5. The van der Waals surface area contributed by atoms with Crippen LogP contribution in [0, 0.1) is 12.8 Å². The number of hydrogen-bond donors (Lipinski definition) is 1. The number of hydrogen-bond acceptors (Lipinski definition) is 6. The van der Waals surface area contributed by atoms with Crippen molar-refractivity contribution in [3.8, 4) is 22.6 Å². The van der Waals surface area contributed by atoms with Gasteiger partial charge in [-0.2, -0.15) is 0 Å². The summed E-state index contributed by atoms with van der Waals surface area (Å²) in [6.07, 6.45) is 5.02. The van der Waals surface area contributed by atoms with Crippen LogP contribution in [-0.2, 0) is 35.0 Å². The molecule has 0 saturated carbocycles. The lowest BCUT2D eigenvalue weighted by atomic mass is 9.93. The summed E-state index contributed by atoms with van der Waals surface area (Å²) in [5.74, 6) is 2.94. The number of fused-ring (bicyclic) bond motifs is 3. The van der Waals surface area contributed by atoms with E-state index >= 15 is 0 Å². The molecule has 1 N–H and O–H groups in total. The molecule has 2 heterocycles. The summed E-state index contributed by atoms with van der Waals surface area (Å²) in [6, 6.07) is 22.4. The second kappa shape index (κ2) is 13.2. The van der Waals surface area contributed by atoms with Crippen LogP contribution in [0.5, 0.6) is 11.5 Å². The number of rotatable bonds is 10. The number of aryl methyl sites for hydroxylation is 3. The molecule has 1 aliphatic heterocycles. The fraction of sp³-hybridized carbons (Fsp3) is 0.371. The molecule has 4 aromatic rings. The molecular formula is C35H37NO6S. The molecule has 7 nitrogen and oxygen atoms in total. The Balaban J connectivity index is 1.13. The first-order chi connectivity index (χ1) is 20.9. The van der Waals surface area contributed by atoms with Crippen molar-refractivity contribution in [3.63, 3.8) is 0 Å². The Kier molecular flexibility index (Phi) is 8.93. The highest BCUT2D eigenvalue weighted by Crippen LogP contribution is 2.36. The van der Waals surface area contributed by atoms with Gasteiger partial charge in [0.2, 0.25) is 0 Å². The van der Waals surface area contributed by atoms with E-state index in [1.807, 2.05) is 31.2 Å². The summed E-state index contributed by atoms with van der Waals surface area (Å²) < 4.78 is 29.4. The van der Waals surface area contributed by atoms with Gasteiger partial charge in [0.1, 0.15) is 23.9 Å². The van der Waals surface area contributed by atoms with Gasteiger partial charge in [0.25, 0.3) is 0 Å². The molecule has 1 saturated heterocycles. The predicted octanol–water partition coefficient (Wildman–Crippen LogP) is 6.86. The van der Waals surface area contributed by atoms with E-state index in [4.69, 9.17) is 14.0 Å². The molecule has 2 aliphatic rings. The van der Waals surface area contributed by atoms with Gasteiger partial charge >= 0.3 is 5.97 Å². The van der Waals surface area contributed by atoms with Crippen molar-refractivity contribution in [1.29, 1.82) is 0 Å². The van der Waals surface area contributed by atoms with E-state index in [1.165, 1.54) is 22.3 Å². The zero-order valence-corrected chi connectivity index (χ0v) is 25.2. The molecule has 8 heteroatoms. The minimum absolute atomic E-state index is 0.0806. The molecule has 43 heavy (non-hydrogen) atoms. The van der Waals surface area contributed by atoms with Crippen LogP contribution in [0.2, 0.25) is 0 Å². The monoisotopic (exact) mass is 599 g/mol. The first-order valence-corrected chi connectivity index (χ1v) is 16.5. The Bertz CT molecular complexity index is 1600. The molecule has 0 spiro atoms. The lowest BCUT2D eigenvalue weighted by molar-refractivity contribution is -0.137. The Morgan fingerprint density at radius 1 is 0.953 bits per heavy atom. The molecule has 1 unspecified atom stereocenters.